The Morgan fingerprint density at radius 1 is 1.15 bits per heavy atom. The van der Waals surface area contributed by atoms with E-state index in [4.69, 9.17) is 19.9 Å². The van der Waals surface area contributed by atoms with Crippen molar-refractivity contribution in [3.05, 3.63) is 59.4 Å². The molecule has 0 atom stereocenters. The number of rotatable bonds is 10. The fraction of sp³-hybridized carbons (Fsp3) is 0.500. The lowest BCUT2D eigenvalue weighted by Gasteiger charge is -2.39. The molecule has 0 radical (unpaired) electrons. The van der Waals surface area contributed by atoms with Gasteiger partial charge in [0.25, 0.3) is 0 Å². The highest BCUT2D eigenvalue weighted by Crippen LogP contribution is 2.42. The summed E-state index contributed by atoms with van der Waals surface area (Å²) in [6.45, 7) is 0.788. The molecule has 0 spiro atoms. The summed E-state index contributed by atoms with van der Waals surface area (Å²) in [6, 6.07) is 12.4. The SMILES string of the molecule is COC1CCC(OC)(c2cc(F)cc(OCc3ccc(N(C)C(=O)CCCN)cc3)c2)CC1. The lowest BCUT2D eigenvalue weighted by Crippen LogP contribution is -2.36. The lowest BCUT2D eigenvalue weighted by atomic mass is 9.78. The van der Waals surface area contributed by atoms with Crippen LogP contribution in [0.1, 0.15) is 49.7 Å². The van der Waals surface area contributed by atoms with Crippen LogP contribution in [0.4, 0.5) is 10.1 Å². The minimum atomic E-state index is -0.530. The molecule has 1 amide bonds. The Balaban J connectivity index is 1.66. The Bertz CT molecular complexity index is 911. The average Bonchev–Trinajstić information content (AvgIpc) is 2.85. The molecule has 1 fully saturated rings. The van der Waals surface area contributed by atoms with Crippen LogP contribution >= 0.6 is 0 Å². The quantitative estimate of drug-likeness (QED) is 0.566. The van der Waals surface area contributed by atoms with Gasteiger partial charge in [-0.1, -0.05) is 12.1 Å². The second-order valence-corrected chi connectivity index (χ2v) is 8.61. The van der Waals surface area contributed by atoms with E-state index in [1.807, 2.05) is 30.3 Å². The number of hydrogen-bond acceptors (Lipinski definition) is 5. The summed E-state index contributed by atoms with van der Waals surface area (Å²) in [7, 11) is 5.16. The third-order valence-corrected chi connectivity index (χ3v) is 6.56. The number of benzene rings is 2. The number of methoxy groups -OCH3 is 2. The molecular formula is C26H35FN2O4. The molecule has 0 saturated heterocycles. The van der Waals surface area contributed by atoms with Crippen molar-refractivity contribution in [1.82, 2.24) is 0 Å². The molecule has 6 nitrogen and oxygen atoms in total. The normalized spacial score (nSPS) is 20.5. The maximum atomic E-state index is 14.5. The number of nitrogens with two attached hydrogens (primary N) is 1. The van der Waals surface area contributed by atoms with Crippen LogP contribution in [0.3, 0.4) is 0 Å². The van der Waals surface area contributed by atoms with Crippen molar-refractivity contribution in [2.75, 3.05) is 32.7 Å². The van der Waals surface area contributed by atoms with Crippen LogP contribution < -0.4 is 15.4 Å². The second kappa shape index (κ2) is 11.6. The van der Waals surface area contributed by atoms with Crippen molar-refractivity contribution in [1.29, 1.82) is 0 Å². The van der Waals surface area contributed by atoms with Crippen LogP contribution in [-0.2, 0) is 26.5 Å². The lowest BCUT2D eigenvalue weighted by molar-refractivity contribution is -0.118. The third-order valence-electron chi connectivity index (χ3n) is 6.56. The van der Waals surface area contributed by atoms with E-state index < -0.39 is 5.60 Å². The van der Waals surface area contributed by atoms with E-state index in [1.165, 1.54) is 12.1 Å². The van der Waals surface area contributed by atoms with Gasteiger partial charge >= 0.3 is 0 Å². The summed E-state index contributed by atoms with van der Waals surface area (Å²) in [5.74, 6) is 0.151. The zero-order valence-corrected chi connectivity index (χ0v) is 19.8. The van der Waals surface area contributed by atoms with E-state index in [1.54, 1.807) is 26.2 Å². The number of nitrogens with zero attached hydrogens (tertiary/aromatic N) is 1. The van der Waals surface area contributed by atoms with Crippen molar-refractivity contribution in [2.45, 2.75) is 56.8 Å². The predicted octanol–water partition coefficient (Wildman–Crippen LogP) is 4.54. The first-order valence-corrected chi connectivity index (χ1v) is 11.5. The Hall–Kier alpha value is -2.48. The number of halogens is 1. The average molecular weight is 459 g/mol. The maximum absolute atomic E-state index is 14.5. The Morgan fingerprint density at radius 3 is 2.45 bits per heavy atom. The van der Waals surface area contributed by atoms with E-state index in [2.05, 4.69) is 0 Å². The minimum absolute atomic E-state index is 0.0309. The molecule has 2 aromatic rings. The van der Waals surface area contributed by atoms with Crippen molar-refractivity contribution >= 4 is 11.6 Å². The van der Waals surface area contributed by atoms with Crippen LogP contribution in [0, 0.1) is 5.82 Å². The smallest absolute Gasteiger partial charge is 0.226 e. The van der Waals surface area contributed by atoms with Crippen LogP contribution in [0.5, 0.6) is 5.75 Å². The van der Waals surface area contributed by atoms with Crippen LogP contribution in [0.15, 0.2) is 42.5 Å². The molecule has 0 bridgehead atoms. The molecule has 3 rings (SSSR count). The van der Waals surface area contributed by atoms with Crippen molar-refractivity contribution < 1.29 is 23.4 Å². The first-order chi connectivity index (χ1) is 15.9. The second-order valence-electron chi connectivity index (χ2n) is 8.61. The van der Waals surface area contributed by atoms with Gasteiger partial charge in [-0.3, -0.25) is 4.79 Å². The zero-order chi connectivity index (χ0) is 23.8. The van der Waals surface area contributed by atoms with Gasteiger partial charge in [0, 0.05) is 39.4 Å². The standard InChI is InChI=1S/C26H35FN2O4/c1-29(25(30)5-4-14-28)22-8-6-19(7-9-22)18-33-24-16-20(15-21(27)17-24)26(32-3)12-10-23(31-2)11-13-26/h6-9,15-17,23H,4-5,10-14,18,28H2,1-3H3. The van der Waals surface area contributed by atoms with Gasteiger partial charge in [-0.2, -0.15) is 0 Å². The number of hydrogen-bond donors (Lipinski definition) is 1. The fourth-order valence-corrected chi connectivity index (χ4v) is 4.36. The molecule has 0 unspecified atom stereocenters. The van der Waals surface area contributed by atoms with Gasteiger partial charge in [0.1, 0.15) is 18.2 Å². The van der Waals surface area contributed by atoms with Gasteiger partial charge in [-0.25, -0.2) is 4.39 Å². The Labute approximate surface area is 195 Å². The summed E-state index contributed by atoms with van der Waals surface area (Å²) in [6.07, 6.45) is 4.58. The monoisotopic (exact) mass is 458 g/mol. The Kier molecular flexibility index (Phi) is 8.83. The molecule has 7 heteroatoms. The largest absolute Gasteiger partial charge is 0.489 e. The number of ether oxygens (including phenoxy) is 3. The number of amides is 1. The molecule has 1 aliphatic carbocycles. The summed E-state index contributed by atoms with van der Waals surface area (Å²) in [5, 5.41) is 0. The molecule has 2 N–H and O–H groups in total. The van der Waals surface area contributed by atoms with E-state index >= 15 is 0 Å². The van der Waals surface area contributed by atoms with E-state index in [0.717, 1.165) is 42.5 Å². The van der Waals surface area contributed by atoms with E-state index in [0.29, 0.717) is 31.7 Å². The summed E-state index contributed by atoms with van der Waals surface area (Å²) in [5.41, 5.74) is 7.48. The van der Waals surface area contributed by atoms with E-state index in [-0.39, 0.29) is 17.8 Å². The Morgan fingerprint density at radius 2 is 1.85 bits per heavy atom. The van der Waals surface area contributed by atoms with Crippen molar-refractivity contribution in [3.63, 3.8) is 0 Å². The van der Waals surface area contributed by atoms with Crippen molar-refractivity contribution in [3.8, 4) is 5.75 Å². The highest BCUT2D eigenvalue weighted by molar-refractivity contribution is 5.92. The fourth-order valence-electron chi connectivity index (χ4n) is 4.36. The first kappa shape index (κ1) is 25.1. The van der Waals surface area contributed by atoms with Gasteiger partial charge < -0.3 is 24.8 Å². The molecule has 0 aromatic heterocycles. The van der Waals surface area contributed by atoms with E-state index in [9.17, 15) is 9.18 Å². The maximum Gasteiger partial charge on any atom is 0.226 e. The van der Waals surface area contributed by atoms with Crippen LogP contribution in [-0.4, -0.2) is 39.8 Å². The van der Waals surface area contributed by atoms with Gasteiger partial charge in [-0.15, -0.1) is 0 Å². The van der Waals surface area contributed by atoms with Gasteiger partial charge in [0.05, 0.1) is 11.7 Å². The summed E-state index contributed by atoms with van der Waals surface area (Å²) in [4.78, 5) is 13.8. The number of anilines is 1. The molecule has 33 heavy (non-hydrogen) atoms. The zero-order valence-electron chi connectivity index (χ0n) is 19.8. The number of carbonyl (C=O) groups is 1. The molecule has 0 heterocycles. The first-order valence-electron chi connectivity index (χ1n) is 11.5. The topological polar surface area (TPSA) is 74.0 Å². The molecular weight excluding hydrogens is 423 g/mol. The molecule has 0 aliphatic heterocycles. The third kappa shape index (κ3) is 6.31. The summed E-state index contributed by atoms with van der Waals surface area (Å²) < 4.78 is 31.7. The molecule has 2 aromatic carbocycles. The minimum Gasteiger partial charge on any atom is -0.489 e. The van der Waals surface area contributed by atoms with Crippen LogP contribution in [0.25, 0.3) is 0 Å². The molecule has 1 aliphatic rings. The predicted molar refractivity (Wildman–Crippen MR) is 127 cm³/mol. The van der Waals surface area contributed by atoms with Gasteiger partial charge in [-0.05, 0) is 74.0 Å². The van der Waals surface area contributed by atoms with Crippen molar-refractivity contribution in [2.24, 2.45) is 5.73 Å². The summed E-state index contributed by atoms with van der Waals surface area (Å²) >= 11 is 0. The highest BCUT2D eigenvalue weighted by atomic mass is 19.1. The van der Waals surface area contributed by atoms with Gasteiger partial charge in [0.2, 0.25) is 5.91 Å². The van der Waals surface area contributed by atoms with Crippen LogP contribution in [0.2, 0.25) is 0 Å². The highest BCUT2D eigenvalue weighted by Gasteiger charge is 2.37. The van der Waals surface area contributed by atoms with Gasteiger partial charge in [0.15, 0.2) is 0 Å². The molecule has 1 saturated carbocycles. The number of carbonyl (C=O) groups excluding carboxylic acids is 1. The molecule has 180 valence electrons.